The summed E-state index contributed by atoms with van der Waals surface area (Å²) in [6, 6.07) is 15.6. The molecule has 1 atom stereocenters. The smallest absolute Gasteiger partial charge is 0.234 e. The van der Waals surface area contributed by atoms with Gasteiger partial charge < -0.3 is 5.32 Å². The SMILES string of the molecule is C[C@H](c1nnc(SCC(=O)Nc2ccc(C(C)(C)C)cc2)n1-c1ccc(Cl)cc1)N(C)C. The van der Waals surface area contributed by atoms with Gasteiger partial charge in [0.05, 0.1) is 11.8 Å². The van der Waals surface area contributed by atoms with Gasteiger partial charge in [0.2, 0.25) is 5.91 Å². The van der Waals surface area contributed by atoms with E-state index < -0.39 is 0 Å². The summed E-state index contributed by atoms with van der Waals surface area (Å²) in [7, 11) is 3.99. The van der Waals surface area contributed by atoms with E-state index in [0.717, 1.165) is 17.2 Å². The van der Waals surface area contributed by atoms with Crippen LogP contribution in [0.3, 0.4) is 0 Å². The van der Waals surface area contributed by atoms with Crippen LogP contribution in [0.15, 0.2) is 53.7 Å². The number of nitrogens with one attached hydrogen (secondary N) is 1. The molecule has 1 amide bonds. The topological polar surface area (TPSA) is 63.1 Å². The van der Waals surface area contributed by atoms with Gasteiger partial charge in [-0.15, -0.1) is 10.2 Å². The number of rotatable bonds is 7. The number of amides is 1. The summed E-state index contributed by atoms with van der Waals surface area (Å²) in [6.07, 6.45) is 0. The zero-order valence-electron chi connectivity index (χ0n) is 19.4. The van der Waals surface area contributed by atoms with Crippen molar-refractivity contribution >= 4 is 35.0 Å². The van der Waals surface area contributed by atoms with Crippen LogP contribution in [0.2, 0.25) is 5.02 Å². The molecule has 32 heavy (non-hydrogen) atoms. The van der Waals surface area contributed by atoms with E-state index in [1.54, 1.807) is 0 Å². The molecule has 0 spiro atoms. The quantitative estimate of drug-likeness (QED) is 0.456. The average molecular weight is 472 g/mol. The maximum Gasteiger partial charge on any atom is 0.234 e. The predicted octanol–water partition coefficient (Wildman–Crippen LogP) is 5.57. The molecule has 6 nitrogen and oxygen atoms in total. The number of nitrogens with zero attached hydrogens (tertiary/aromatic N) is 4. The lowest BCUT2D eigenvalue weighted by Gasteiger charge is -2.20. The van der Waals surface area contributed by atoms with Crippen LogP contribution >= 0.6 is 23.4 Å². The number of halogens is 1. The highest BCUT2D eigenvalue weighted by atomic mass is 35.5. The highest BCUT2D eigenvalue weighted by Crippen LogP contribution is 2.28. The van der Waals surface area contributed by atoms with Crippen molar-refractivity contribution in [3.05, 3.63) is 64.9 Å². The first kappa shape index (κ1) is 24.3. The van der Waals surface area contributed by atoms with Crippen LogP contribution < -0.4 is 5.32 Å². The van der Waals surface area contributed by atoms with Gasteiger partial charge in [-0.2, -0.15) is 0 Å². The molecule has 2 aromatic carbocycles. The van der Waals surface area contributed by atoms with E-state index in [1.165, 1.54) is 17.3 Å². The van der Waals surface area contributed by atoms with Crippen molar-refractivity contribution in [1.82, 2.24) is 19.7 Å². The Morgan fingerprint density at radius 3 is 2.28 bits per heavy atom. The summed E-state index contributed by atoms with van der Waals surface area (Å²) in [5.41, 5.74) is 2.99. The molecule has 0 aliphatic carbocycles. The Morgan fingerprint density at radius 2 is 1.72 bits per heavy atom. The Labute approximate surface area is 199 Å². The maximum absolute atomic E-state index is 12.6. The van der Waals surface area contributed by atoms with E-state index in [9.17, 15) is 4.79 Å². The van der Waals surface area contributed by atoms with Crippen molar-refractivity contribution in [2.75, 3.05) is 25.2 Å². The van der Waals surface area contributed by atoms with Crippen LogP contribution in [0.5, 0.6) is 0 Å². The number of thioether (sulfide) groups is 1. The van der Waals surface area contributed by atoms with Gasteiger partial charge in [-0.25, -0.2) is 0 Å². The second-order valence-corrected chi connectivity index (χ2v) is 10.3. The van der Waals surface area contributed by atoms with Crippen LogP contribution in [0.25, 0.3) is 5.69 Å². The van der Waals surface area contributed by atoms with Gasteiger partial charge in [0, 0.05) is 16.4 Å². The van der Waals surface area contributed by atoms with Gasteiger partial charge >= 0.3 is 0 Å². The number of hydrogen-bond donors (Lipinski definition) is 1. The molecule has 0 saturated carbocycles. The Balaban J connectivity index is 1.75. The lowest BCUT2D eigenvalue weighted by atomic mass is 9.87. The Hall–Kier alpha value is -2.35. The Bertz CT molecular complexity index is 1060. The Kier molecular flexibility index (Phi) is 7.64. The van der Waals surface area contributed by atoms with E-state index in [-0.39, 0.29) is 23.1 Å². The van der Waals surface area contributed by atoms with Gasteiger partial charge in [0.15, 0.2) is 11.0 Å². The number of aromatic nitrogens is 3. The van der Waals surface area contributed by atoms with Crippen molar-refractivity contribution in [2.45, 2.75) is 44.3 Å². The van der Waals surface area contributed by atoms with Crippen molar-refractivity contribution < 1.29 is 4.79 Å². The first-order valence-corrected chi connectivity index (χ1v) is 11.8. The molecule has 0 unspecified atom stereocenters. The summed E-state index contributed by atoms with van der Waals surface area (Å²) in [4.78, 5) is 14.7. The molecule has 0 saturated heterocycles. The first-order chi connectivity index (χ1) is 15.1. The summed E-state index contributed by atoms with van der Waals surface area (Å²) in [5, 5.41) is 13.1. The number of carbonyl (C=O) groups is 1. The number of benzene rings is 2. The summed E-state index contributed by atoms with van der Waals surface area (Å²) in [6.45, 7) is 8.57. The Morgan fingerprint density at radius 1 is 1.09 bits per heavy atom. The average Bonchev–Trinajstić information content (AvgIpc) is 3.15. The molecule has 3 aromatic rings. The zero-order chi connectivity index (χ0) is 23.5. The second-order valence-electron chi connectivity index (χ2n) is 8.96. The van der Waals surface area contributed by atoms with Gasteiger partial charge in [0.1, 0.15) is 0 Å². The fourth-order valence-corrected chi connectivity index (χ4v) is 3.97. The molecule has 8 heteroatoms. The molecule has 0 radical (unpaired) electrons. The zero-order valence-corrected chi connectivity index (χ0v) is 21.0. The lowest BCUT2D eigenvalue weighted by Crippen LogP contribution is -2.21. The molecule has 1 heterocycles. The van der Waals surface area contributed by atoms with Crippen LogP contribution in [0.1, 0.15) is 45.1 Å². The predicted molar refractivity (Wildman–Crippen MR) is 133 cm³/mol. The van der Waals surface area contributed by atoms with Gasteiger partial charge in [-0.05, 0) is 68.4 Å². The molecule has 0 aliphatic rings. The lowest BCUT2D eigenvalue weighted by molar-refractivity contribution is -0.113. The fraction of sp³-hybridized carbons (Fsp3) is 0.375. The first-order valence-electron chi connectivity index (χ1n) is 10.5. The molecule has 0 aliphatic heterocycles. The third kappa shape index (κ3) is 5.91. The molecule has 1 N–H and O–H groups in total. The molecule has 0 bridgehead atoms. The molecule has 1 aromatic heterocycles. The van der Waals surface area contributed by atoms with Crippen LogP contribution in [0.4, 0.5) is 5.69 Å². The molecule has 0 fully saturated rings. The molecule has 3 rings (SSSR count). The number of anilines is 1. The number of carbonyl (C=O) groups excluding carboxylic acids is 1. The van der Waals surface area contributed by atoms with E-state index in [0.29, 0.717) is 10.2 Å². The molecule has 170 valence electrons. The maximum atomic E-state index is 12.6. The minimum absolute atomic E-state index is 0.0442. The minimum Gasteiger partial charge on any atom is -0.325 e. The van der Waals surface area contributed by atoms with E-state index in [1.807, 2.05) is 55.1 Å². The highest BCUT2D eigenvalue weighted by Gasteiger charge is 2.21. The monoisotopic (exact) mass is 471 g/mol. The van der Waals surface area contributed by atoms with Crippen molar-refractivity contribution in [2.24, 2.45) is 0 Å². The summed E-state index contributed by atoms with van der Waals surface area (Å²) in [5.74, 6) is 0.938. The third-order valence-electron chi connectivity index (χ3n) is 5.26. The van der Waals surface area contributed by atoms with Crippen molar-refractivity contribution in [3.63, 3.8) is 0 Å². The standard InChI is InChI=1S/C24H30ClN5OS/c1-16(29(5)6)22-27-28-23(30(22)20-13-9-18(25)10-14-20)32-15-21(31)26-19-11-7-17(8-12-19)24(2,3)4/h7-14,16H,15H2,1-6H3,(H,26,31)/t16-/m1/s1. The van der Waals surface area contributed by atoms with Gasteiger partial charge in [0.25, 0.3) is 0 Å². The van der Waals surface area contributed by atoms with Crippen LogP contribution in [-0.4, -0.2) is 45.4 Å². The third-order valence-corrected chi connectivity index (χ3v) is 6.44. The van der Waals surface area contributed by atoms with Crippen molar-refractivity contribution in [1.29, 1.82) is 0 Å². The molecular formula is C24H30ClN5OS. The minimum atomic E-state index is -0.0913. The molecular weight excluding hydrogens is 442 g/mol. The van der Waals surface area contributed by atoms with Crippen LogP contribution in [-0.2, 0) is 10.2 Å². The number of hydrogen-bond acceptors (Lipinski definition) is 5. The van der Waals surface area contributed by atoms with E-state index >= 15 is 0 Å². The normalized spacial score (nSPS) is 12.8. The van der Waals surface area contributed by atoms with Crippen LogP contribution in [0, 0.1) is 0 Å². The highest BCUT2D eigenvalue weighted by molar-refractivity contribution is 7.99. The van der Waals surface area contributed by atoms with Crippen molar-refractivity contribution in [3.8, 4) is 5.69 Å². The largest absolute Gasteiger partial charge is 0.325 e. The van der Waals surface area contributed by atoms with E-state index in [4.69, 9.17) is 11.6 Å². The van der Waals surface area contributed by atoms with Gasteiger partial charge in [-0.3, -0.25) is 14.3 Å². The van der Waals surface area contributed by atoms with E-state index in [2.05, 4.69) is 60.2 Å². The van der Waals surface area contributed by atoms with Gasteiger partial charge in [-0.1, -0.05) is 56.3 Å². The fourth-order valence-electron chi connectivity index (χ4n) is 3.09. The summed E-state index contributed by atoms with van der Waals surface area (Å²) >= 11 is 7.43. The summed E-state index contributed by atoms with van der Waals surface area (Å²) < 4.78 is 1.98. The second kappa shape index (κ2) is 10.1.